The second-order valence-electron chi connectivity index (χ2n) is 4.49. The Morgan fingerprint density at radius 3 is 2.56 bits per heavy atom. The molecule has 0 unspecified atom stereocenters. The first-order valence-electron chi connectivity index (χ1n) is 6.66. The molecule has 0 aromatic carbocycles. The van der Waals surface area contributed by atoms with E-state index in [2.05, 4.69) is 6.92 Å². The summed E-state index contributed by atoms with van der Waals surface area (Å²) in [6, 6.07) is 0. The van der Waals surface area contributed by atoms with Gasteiger partial charge >= 0.3 is 5.97 Å². The lowest BCUT2D eigenvalue weighted by atomic mass is 10.1. The standard InChI is InChI=1S/C14H24O2/c1-3-5-6-7-8-9-10-12-11-13(12)14(15)16-4-2/h11,13H,3-10H2,1-2H3/t13-/m1/s1. The average molecular weight is 224 g/mol. The molecule has 1 aliphatic rings. The summed E-state index contributed by atoms with van der Waals surface area (Å²) < 4.78 is 4.96. The van der Waals surface area contributed by atoms with E-state index in [0.717, 1.165) is 6.42 Å². The van der Waals surface area contributed by atoms with E-state index in [1.54, 1.807) is 0 Å². The molecule has 0 aromatic rings. The maximum atomic E-state index is 11.3. The summed E-state index contributed by atoms with van der Waals surface area (Å²) in [5.74, 6) is -0.0147. The SMILES string of the molecule is CCCCCCCCC1=C[C@H]1C(=O)OCC. The largest absolute Gasteiger partial charge is 0.465 e. The van der Waals surface area contributed by atoms with Crippen LogP contribution in [0.3, 0.4) is 0 Å². The van der Waals surface area contributed by atoms with Crippen LogP contribution in [0.15, 0.2) is 11.6 Å². The topological polar surface area (TPSA) is 26.3 Å². The molecule has 0 bridgehead atoms. The van der Waals surface area contributed by atoms with Gasteiger partial charge in [-0.1, -0.05) is 50.7 Å². The van der Waals surface area contributed by atoms with Gasteiger partial charge in [-0.05, 0) is 19.8 Å². The smallest absolute Gasteiger partial charge is 0.316 e. The minimum atomic E-state index is -0.0523. The van der Waals surface area contributed by atoms with Gasteiger partial charge < -0.3 is 4.74 Å². The molecule has 0 heterocycles. The minimum absolute atomic E-state index is 0.0376. The molecule has 1 aliphatic carbocycles. The zero-order valence-corrected chi connectivity index (χ0v) is 10.6. The lowest BCUT2D eigenvalue weighted by Crippen LogP contribution is -2.08. The number of carbonyl (C=O) groups excluding carboxylic acids is 1. The van der Waals surface area contributed by atoms with Gasteiger partial charge in [-0.25, -0.2) is 0 Å². The Labute approximate surface area is 99.1 Å². The summed E-state index contributed by atoms with van der Waals surface area (Å²) in [6.07, 6.45) is 11.0. The van der Waals surface area contributed by atoms with E-state index in [1.807, 2.05) is 13.0 Å². The van der Waals surface area contributed by atoms with Crippen molar-refractivity contribution in [2.45, 2.75) is 58.8 Å². The van der Waals surface area contributed by atoms with Crippen molar-refractivity contribution >= 4 is 5.97 Å². The molecule has 0 aromatic heterocycles. The van der Waals surface area contributed by atoms with E-state index in [0.29, 0.717) is 6.61 Å². The number of hydrogen-bond acceptors (Lipinski definition) is 2. The van der Waals surface area contributed by atoms with E-state index < -0.39 is 0 Å². The molecule has 1 rings (SSSR count). The van der Waals surface area contributed by atoms with Crippen LogP contribution in [0.25, 0.3) is 0 Å². The van der Waals surface area contributed by atoms with Gasteiger partial charge in [0.25, 0.3) is 0 Å². The van der Waals surface area contributed by atoms with Gasteiger partial charge in [-0.2, -0.15) is 0 Å². The van der Waals surface area contributed by atoms with Crippen LogP contribution in [0.2, 0.25) is 0 Å². The Morgan fingerprint density at radius 1 is 1.19 bits per heavy atom. The number of ether oxygens (including phenoxy) is 1. The zero-order chi connectivity index (χ0) is 11.8. The Balaban J connectivity index is 1.92. The third-order valence-electron chi connectivity index (χ3n) is 3.03. The van der Waals surface area contributed by atoms with Crippen molar-refractivity contribution in [1.82, 2.24) is 0 Å². The average Bonchev–Trinajstić information content (AvgIpc) is 3.03. The molecule has 0 N–H and O–H groups in total. The predicted molar refractivity (Wildman–Crippen MR) is 66.2 cm³/mol. The van der Waals surface area contributed by atoms with E-state index >= 15 is 0 Å². The van der Waals surface area contributed by atoms with Gasteiger partial charge in [0, 0.05) is 0 Å². The first-order valence-corrected chi connectivity index (χ1v) is 6.66. The van der Waals surface area contributed by atoms with Crippen LogP contribution in [-0.2, 0) is 9.53 Å². The molecule has 0 aliphatic heterocycles. The molecule has 2 heteroatoms. The number of esters is 1. The third-order valence-corrected chi connectivity index (χ3v) is 3.03. The van der Waals surface area contributed by atoms with Gasteiger partial charge in [0.15, 0.2) is 0 Å². The molecular weight excluding hydrogens is 200 g/mol. The van der Waals surface area contributed by atoms with E-state index in [4.69, 9.17) is 4.74 Å². The number of rotatable bonds is 9. The van der Waals surface area contributed by atoms with Gasteiger partial charge in [-0.3, -0.25) is 4.79 Å². The number of hydrogen-bond donors (Lipinski definition) is 0. The fraction of sp³-hybridized carbons (Fsp3) is 0.786. The van der Waals surface area contributed by atoms with E-state index in [-0.39, 0.29) is 11.9 Å². The fourth-order valence-electron chi connectivity index (χ4n) is 1.97. The number of carbonyl (C=O) groups is 1. The van der Waals surface area contributed by atoms with Crippen molar-refractivity contribution in [2.75, 3.05) is 6.61 Å². The van der Waals surface area contributed by atoms with Crippen LogP contribution in [0.4, 0.5) is 0 Å². The summed E-state index contributed by atoms with van der Waals surface area (Å²) in [7, 11) is 0. The van der Waals surface area contributed by atoms with Gasteiger partial charge in [0.1, 0.15) is 0 Å². The van der Waals surface area contributed by atoms with Gasteiger partial charge in [-0.15, -0.1) is 0 Å². The highest BCUT2D eigenvalue weighted by Gasteiger charge is 2.32. The summed E-state index contributed by atoms with van der Waals surface area (Å²) in [5.41, 5.74) is 1.30. The molecule has 16 heavy (non-hydrogen) atoms. The molecule has 0 fully saturated rings. The normalized spacial score (nSPS) is 18.1. The van der Waals surface area contributed by atoms with Crippen molar-refractivity contribution in [1.29, 1.82) is 0 Å². The minimum Gasteiger partial charge on any atom is -0.465 e. The highest BCUT2D eigenvalue weighted by atomic mass is 16.5. The Kier molecular flexibility index (Phi) is 6.20. The molecule has 0 spiro atoms. The molecule has 0 saturated heterocycles. The van der Waals surface area contributed by atoms with Crippen LogP contribution >= 0.6 is 0 Å². The lowest BCUT2D eigenvalue weighted by Gasteiger charge is -2.01. The summed E-state index contributed by atoms with van der Waals surface area (Å²) >= 11 is 0. The van der Waals surface area contributed by atoms with Crippen LogP contribution in [0.5, 0.6) is 0 Å². The highest BCUT2D eigenvalue weighted by Crippen LogP contribution is 2.34. The van der Waals surface area contributed by atoms with Crippen molar-refractivity contribution in [3.05, 3.63) is 11.6 Å². The van der Waals surface area contributed by atoms with Crippen molar-refractivity contribution in [3.8, 4) is 0 Å². The Bertz CT molecular complexity index is 243. The molecule has 0 radical (unpaired) electrons. The maximum Gasteiger partial charge on any atom is 0.316 e. The lowest BCUT2D eigenvalue weighted by molar-refractivity contribution is -0.144. The van der Waals surface area contributed by atoms with Gasteiger partial charge in [0.05, 0.1) is 12.5 Å². The Morgan fingerprint density at radius 2 is 1.88 bits per heavy atom. The highest BCUT2D eigenvalue weighted by molar-refractivity contribution is 5.83. The first kappa shape index (κ1) is 13.3. The second-order valence-corrected chi connectivity index (χ2v) is 4.49. The van der Waals surface area contributed by atoms with Crippen LogP contribution in [-0.4, -0.2) is 12.6 Å². The quantitative estimate of drug-likeness (QED) is 0.338. The van der Waals surface area contributed by atoms with E-state index in [9.17, 15) is 4.79 Å². The summed E-state index contributed by atoms with van der Waals surface area (Å²) in [4.78, 5) is 11.3. The molecule has 0 amide bonds. The summed E-state index contributed by atoms with van der Waals surface area (Å²) in [5, 5.41) is 0. The van der Waals surface area contributed by atoms with Crippen molar-refractivity contribution in [2.24, 2.45) is 5.92 Å². The fourth-order valence-corrected chi connectivity index (χ4v) is 1.97. The van der Waals surface area contributed by atoms with Crippen LogP contribution < -0.4 is 0 Å². The van der Waals surface area contributed by atoms with Crippen molar-refractivity contribution in [3.63, 3.8) is 0 Å². The molecular formula is C14H24O2. The molecule has 1 atom stereocenters. The monoisotopic (exact) mass is 224 g/mol. The maximum absolute atomic E-state index is 11.3. The Hall–Kier alpha value is -0.790. The van der Waals surface area contributed by atoms with Crippen LogP contribution in [0, 0.1) is 5.92 Å². The van der Waals surface area contributed by atoms with Gasteiger partial charge in [0.2, 0.25) is 0 Å². The second kappa shape index (κ2) is 7.48. The summed E-state index contributed by atoms with van der Waals surface area (Å²) in [6.45, 7) is 4.58. The molecule has 2 nitrogen and oxygen atoms in total. The third kappa shape index (κ3) is 4.82. The predicted octanol–water partition coefficient (Wildman–Crippen LogP) is 3.86. The first-order chi connectivity index (χ1) is 7.79. The molecule has 0 saturated carbocycles. The van der Waals surface area contributed by atoms with Crippen LogP contribution in [0.1, 0.15) is 58.8 Å². The zero-order valence-electron chi connectivity index (χ0n) is 10.6. The van der Waals surface area contributed by atoms with Crippen molar-refractivity contribution < 1.29 is 9.53 Å². The van der Waals surface area contributed by atoms with E-state index in [1.165, 1.54) is 44.1 Å². The molecule has 92 valence electrons. The number of unbranched alkanes of at least 4 members (excludes halogenated alkanes) is 5.